The van der Waals surface area contributed by atoms with Gasteiger partial charge in [0.2, 0.25) is 0 Å². The molecule has 110 valence electrons. The maximum atomic E-state index is 11.5. The van der Waals surface area contributed by atoms with E-state index in [9.17, 15) is 4.79 Å². The number of aryl methyl sites for hydroxylation is 1. The van der Waals surface area contributed by atoms with Gasteiger partial charge in [0.15, 0.2) is 5.78 Å². The fourth-order valence-corrected chi connectivity index (χ4v) is 2.27. The van der Waals surface area contributed by atoms with Gasteiger partial charge < -0.3 is 9.64 Å². The molecule has 2 aromatic rings. The lowest BCUT2D eigenvalue weighted by atomic mass is 10.1. The molecule has 2 rings (SSSR count). The van der Waals surface area contributed by atoms with Gasteiger partial charge in [-0.1, -0.05) is 17.7 Å². The molecule has 0 aromatic heterocycles. The Labute approximate surface area is 126 Å². The highest BCUT2D eigenvalue weighted by atomic mass is 16.5. The van der Waals surface area contributed by atoms with E-state index in [-0.39, 0.29) is 5.78 Å². The van der Waals surface area contributed by atoms with E-state index in [0.29, 0.717) is 12.1 Å². The summed E-state index contributed by atoms with van der Waals surface area (Å²) in [5, 5.41) is 0. The van der Waals surface area contributed by atoms with Gasteiger partial charge in [-0.25, -0.2) is 0 Å². The summed E-state index contributed by atoms with van der Waals surface area (Å²) in [4.78, 5) is 13.7. The lowest BCUT2D eigenvalue weighted by Crippen LogP contribution is -2.17. The SMILES string of the molecule is COc1ccc(C(C)=O)cc1CN(C)c1ccc(C)cc1. The minimum absolute atomic E-state index is 0.0666. The normalized spacial score (nSPS) is 10.3. The Morgan fingerprint density at radius 1 is 1.14 bits per heavy atom. The quantitative estimate of drug-likeness (QED) is 0.781. The van der Waals surface area contributed by atoms with E-state index in [0.717, 1.165) is 17.0 Å². The Bertz CT molecular complexity index is 632. The topological polar surface area (TPSA) is 29.5 Å². The molecule has 0 saturated heterocycles. The van der Waals surface area contributed by atoms with Gasteiger partial charge in [0, 0.05) is 30.4 Å². The average Bonchev–Trinajstić information content (AvgIpc) is 2.47. The Kier molecular flexibility index (Phi) is 4.63. The van der Waals surface area contributed by atoms with E-state index >= 15 is 0 Å². The highest BCUT2D eigenvalue weighted by molar-refractivity contribution is 5.94. The van der Waals surface area contributed by atoms with E-state index in [1.54, 1.807) is 20.1 Å². The number of nitrogens with zero attached hydrogens (tertiary/aromatic N) is 1. The Hall–Kier alpha value is -2.29. The molecule has 0 bridgehead atoms. The van der Waals surface area contributed by atoms with Crippen LogP contribution in [0.2, 0.25) is 0 Å². The monoisotopic (exact) mass is 283 g/mol. The molecule has 0 heterocycles. The molecule has 3 heteroatoms. The molecule has 2 aromatic carbocycles. The largest absolute Gasteiger partial charge is 0.496 e. The number of carbonyl (C=O) groups is 1. The average molecular weight is 283 g/mol. The number of rotatable bonds is 5. The molecule has 0 aliphatic rings. The molecule has 0 atom stereocenters. The first-order chi connectivity index (χ1) is 10.0. The van der Waals surface area contributed by atoms with Gasteiger partial charge in [0.05, 0.1) is 7.11 Å². The van der Waals surface area contributed by atoms with Crippen molar-refractivity contribution in [1.29, 1.82) is 0 Å². The van der Waals surface area contributed by atoms with E-state index in [2.05, 4.69) is 36.1 Å². The smallest absolute Gasteiger partial charge is 0.159 e. The van der Waals surface area contributed by atoms with Gasteiger partial charge >= 0.3 is 0 Å². The number of hydrogen-bond acceptors (Lipinski definition) is 3. The number of benzene rings is 2. The molecule has 0 amide bonds. The van der Waals surface area contributed by atoms with Crippen LogP contribution in [-0.2, 0) is 6.54 Å². The van der Waals surface area contributed by atoms with Crippen molar-refractivity contribution in [3.8, 4) is 5.75 Å². The molecule has 0 spiro atoms. The summed E-state index contributed by atoms with van der Waals surface area (Å²) in [6.45, 7) is 4.34. The van der Waals surface area contributed by atoms with Gasteiger partial charge in [0.25, 0.3) is 0 Å². The molecule has 0 fully saturated rings. The molecular weight excluding hydrogens is 262 g/mol. The van der Waals surface area contributed by atoms with Crippen molar-refractivity contribution in [2.75, 3.05) is 19.1 Å². The van der Waals surface area contributed by atoms with E-state index in [4.69, 9.17) is 4.74 Å². The molecule has 0 radical (unpaired) electrons. The fourth-order valence-electron chi connectivity index (χ4n) is 2.27. The molecule has 0 saturated carbocycles. The zero-order valence-corrected chi connectivity index (χ0v) is 13.0. The van der Waals surface area contributed by atoms with Crippen LogP contribution >= 0.6 is 0 Å². The van der Waals surface area contributed by atoms with Crippen molar-refractivity contribution < 1.29 is 9.53 Å². The van der Waals surface area contributed by atoms with Gasteiger partial charge in [-0.3, -0.25) is 4.79 Å². The summed E-state index contributed by atoms with van der Waals surface area (Å²) in [6, 6.07) is 13.9. The van der Waals surface area contributed by atoms with Crippen molar-refractivity contribution in [2.45, 2.75) is 20.4 Å². The van der Waals surface area contributed by atoms with Crippen LogP contribution < -0.4 is 9.64 Å². The van der Waals surface area contributed by atoms with Crippen LogP contribution in [0.4, 0.5) is 5.69 Å². The van der Waals surface area contributed by atoms with E-state index < -0.39 is 0 Å². The molecular formula is C18H21NO2. The van der Waals surface area contributed by atoms with Gasteiger partial charge in [-0.2, -0.15) is 0 Å². The number of carbonyl (C=O) groups excluding carboxylic acids is 1. The third-order valence-corrected chi connectivity index (χ3v) is 3.57. The van der Waals surface area contributed by atoms with E-state index in [1.165, 1.54) is 5.56 Å². The fraction of sp³-hybridized carbons (Fsp3) is 0.278. The second-order valence-electron chi connectivity index (χ2n) is 5.27. The number of ketones is 1. The van der Waals surface area contributed by atoms with Crippen LogP contribution in [0.5, 0.6) is 5.75 Å². The maximum absolute atomic E-state index is 11.5. The number of Topliss-reactive ketones (excluding diaryl/α,β-unsaturated/α-hetero) is 1. The summed E-state index contributed by atoms with van der Waals surface area (Å²) >= 11 is 0. The maximum Gasteiger partial charge on any atom is 0.159 e. The molecule has 21 heavy (non-hydrogen) atoms. The van der Waals surface area contributed by atoms with Gasteiger partial charge in [-0.05, 0) is 44.2 Å². The van der Waals surface area contributed by atoms with E-state index in [1.807, 2.05) is 19.2 Å². The standard InChI is InChI=1S/C18H21NO2/c1-13-5-8-17(9-6-13)19(3)12-16-11-15(14(2)20)7-10-18(16)21-4/h5-11H,12H2,1-4H3. The Balaban J connectivity index is 2.26. The zero-order valence-electron chi connectivity index (χ0n) is 13.0. The highest BCUT2D eigenvalue weighted by Crippen LogP contribution is 2.24. The highest BCUT2D eigenvalue weighted by Gasteiger charge is 2.10. The predicted molar refractivity (Wildman–Crippen MR) is 86.3 cm³/mol. The van der Waals surface area contributed by atoms with Crippen LogP contribution in [0.15, 0.2) is 42.5 Å². The second-order valence-corrected chi connectivity index (χ2v) is 5.27. The number of anilines is 1. The first-order valence-electron chi connectivity index (χ1n) is 6.97. The van der Waals surface area contributed by atoms with Crippen molar-refractivity contribution in [3.63, 3.8) is 0 Å². The van der Waals surface area contributed by atoms with Gasteiger partial charge in [-0.15, -0.1) is 0 Å². The van der Waals surface area contributed by atoms with Crippen LogP contribution in [0, 0.1) is 6.92 Å². The van der Waals surface area contributed by atoms with Crippen LogP contribution in [0.1, 0.15) is 28.4 Å². The van der Waals surface area contributed by atoms with Crippen molar-refractivity contribution in [2.24, 2.45) is 0 Å². The Morgan fingerprint density at radius 2 is 1.81 bits per heavy atom. The molecule has 0 unspecified atom stereocenters. The molecule has 0 N–H and O–H groups in total. The minimum Gasteiger partial charge on any atom is -0.496 e. The number of hydrogen-bond donors (Lipinski definition) is 0. The third-order valence-electron chi connectivity index (χ3n) is 3.57. The third kappa shape index (κ3) is 3.63. The van der Waals surface area contributed by atoms with Gasteiger partial charge in [0.1, 0.15) is 5.75 Å². The lowest BCUT2D eigenvalue weighted by Gasteiger charge is -2.21. The number of ether oxygens (including phenoxy) is 1. The number of methoxy groups -OCH3 is 1. The van der Waals surface area contributed by atoms with Crippen LogP contribution in [0.3, 0.4) is 0 Å². The van der Waals surface area contributed by atoms with Crippen molar-refractivity contribution in [3.05, 3.63) is 59.2 Å². The summed E-state index contributed by atoms with van der Waals surface area (Å²) in [6.07, 6.45) is 0. The Morgan fingerprint density at radius 3 is 2.38 bits per heavy atom. The first-order valence-corrected chi connectivity index (χ1v) is 6.97. The van der Waals surface area contributed by atoms with Crippen molar-refractivity contribution in [1.82, 2.24) is 0 Å². The molecule has 0 aliphatic heterocycles. The second kappa shape index (κ2) is 6.44. The zero-order chi connectivity index (χ0) is 15.4. The van der Waals surface area contributed by atoms with Crippen LogP contribution in [0.25, 0.3) is 0 Å². The van der Waals surface area contributed by atoms with Crippen LogP contribution in [-0.4, -0.2) is 19.9 Å². The summed E-state index contributed by atoms with van der Waals surface area (Å²) in [5.74, 6) is 0.871. The summed E-state index contributed by atoms with van der Waals surface area (Å²) in [7, 11) is 3.68. The summed E-state index contributed by atoms with van der Waals surface area (Å²) in [5.41, 5.74) is 4.09. The predicted octanol–water partition coefficient (Wildman–Crippen LogP) is 3.84. The first kappa shape index (κ1) is 15.1. The molecule has 3 nitrogen and oxygen atoms in total. The summed E-state index contributed by atoms with van der Waals surface area (Å²) < 4.78 is 5.40. The minimum atomic E-state index is 0.0666. The van der Waals surface area contributed by atoms with Crippen molar-refractivity contribution >= 4 is 11.5 Å². The molecule has 0 aliphatic carbocycles. The lowest BCUT2D eigenvalue weighted by molar-refractivity contribution is 0.101.